The van der Waals surface area contributed by atoms with Gasteiger partial charge in [-0.25, -0.2) is 14.4 Å². The summed E-state index contributed by atoms with van der Waals surface area (Å²) in [5.41, 5.74) is 3.60. The van der Waals surface area contributed by atoms with Crippen molar-refractivity contribution in [3.63, 3.8) is 0 Å². The minimum atomic E-state index is -0.312. The number of aromatic nitrogens is 2. The van der Waals surface area contributed by atoms with E-state index in [1.807, 2.05) is 30.3 Å². The van der Waals surface area contributed by atoms with E-state index in [0.29, 0.717) is 41.5 Å². The Morgan fingerprint density at radius 3 is 2.44 bits per heavy atom. The van der Waals surface area contributed by atoms with Gasteiger partial charge in [0, 0.05) is 35.8 Å². The van der Waals surface area contributed by atoms with Crippen LogP contribution in [0, 0.1) is 5.82 Å². The summed E-state index contributed by atoms with van der Waals surface area (Å²) < 4.78 is 19.0. The molecule has 0 aliphatic rings. The van der Waals surface area contributed by atoms with Gasteiger partial charge in [-0.1, -0.05) is 37.3 Å². The molecule has 6 nitrogen and oxygen atoms in total. The minimum absolute atomic E-state index is 0.183. The third kappa shape index (κ3) is 6.16. The number of anilines is 2. The summed E-state index contributed by atoms with van der Waals surface area (Å²) in [7, 11) is 0. The first-order valence-corrected chi connectivity index (χ1v) is 11.1. The lowest BCUT2D eigenvalue weighted by atomic mass is 10.1. The summed E-state index contributed by atoms with van der Waals surface area (Å²) in [5, 5.41) is 6.03. The molecule has 4 rings (SSSR count). The van der Waals surface area contributed by atoms with Crippen LogP contribution < -0.4 is 15.4 Å². The van der Waals surface area contributed by atoms with Gasteiger partial charge in [0.2, 0.25) is 5.95 Å². The standard InChI is InChI=1S/C27H25FN4O2/c1-2-13-34-25-11-9-19(10-12-25)16-29-26(33)21-6-4-8-24(15-21)32-27-30-17-22(18-31-27)20-5-3-7-23(28)14-20/h3-12,14-15,17-18H,2,13,16H2,1H3,(H,29,33)(H,30,31,32). The van der Waals surface area contributed by atoms with Crippen molar-refractivity contribution in [3.05, 3.63) is 102 Å². The molecule has 1 amide bonds. The normalized spacial score (nSPS) is 10.5. The molecule has 0 unspecified atom stereocenters. The summed E-state index contributed by atoms with van der Waals surface area (Å²) in [6.45, 7) is 3.16. The van der Waals surface area contributed by atoms with Gasteiger partial charge in [-0.3, -0.25) is 4.79 Å². The maximum absolute atomic E-state index is 13.4. The van der Waals surface area contributed by atoms with Gasteiger partial charge in [-0.15, -0.1) is 0 Å². The van der Waals surface area contributed by atoms with Gasteiger partial charge in [0.05, 0.1) is 6.61 Å². The predicted octanol–water partition coefficient (Wildman–Crippen LogP) is 5.75. The average Bonchev–Trinajstić information content (AvgIpc) is 2.87. The summed E-state index contributed by atoms with van der Waals surface area (Å²) in [4.78, 5) is 21.2. The van der Waals surface area contributed by atoms with Crippen molar-refractivity contribution < 1.29 is 13.9 Å². The number of carbonyl (C=O) groups is 1. The monoisotopic (exact) mass is 456 g/mol. The number of halogens is 1. The Kier molecular flexibility index (Phi) is 7.45. The van der Waals surface area contributed by atoms with E-state index < -0.39 is 0 Å². The number of rotatable bonds is 9. The zero-order valence-corrected chi connectivity index (χ0v) is 18.8. The first-order valence-electron chi connectivity index (χ1n) is 11.1. The van der Waals surface area contributed by atoms with Crippen molar-refractivity contribution >= 4 is 17.5 Å². The molecular weight excluding hydrogens is 431 g/mol. The topological polar surface area (TPSA) is 76.1 Å². The fourth-order valence-corrected chi connectivity index (χ4v) is 3.28. The van der Waals surface area contributed by atoms with Crippen molar-refractivity contribution in [3.8, 4) is 16.9 Å². The Bertz CT molecular complexity index is 1240. The van der Waals surface area contributed by atoms with Crippen LogP contribution in [0.4, 0.5) is 16.0 Å². The van der Waals surface area contributed by atoms with Crippen LogP contribution >= 0.6 is 0 Å². The van der Waals surface area contributed by atoms with Crippen LogP contribution in [0.1, 0.15) is 29.3 Å². The lowest BCUT2D eigenvalue weighted by Gasteiger charge is -2.09. The number of hydrogen-bond acceptors (Lipinski definition) is 5. The molecule has 0 aliphatic heterocycles. The molecule has 1 aromatic heterocycles. The first-order chi connectivity index (χ1) is 16.6. The van der Waals surface area contributed by atoms with E-state index in [4.69, 9.17) is 4.74 Å². The molecule has 0 atom stereocenters. The molecule has 2 N–H and O–H groups in total. The van der Waals surface area contributed by atoms with Crippen molar-refractivity contribution in [2.75, 3.05) is 11.9 Å². The second-order valence-electron chi connectivity index (χ2n) is 7.69. The van der Waals surface area contributed by atoms with E-state index in [9.17, 15) is 9.18 Å². The van der Waals surface area contributed by atoms with Crippen molar-refractivity contribution in [1.29, 1.82) is 0 Å². The van der Waals surface area contributed by atoms with Crippen molar-refractivity contribution in [1.82, 2.24) is 15.3 Å². The number of hydrogen-bond donors (Lipinski definition) is 2. The molecule has 0 saturated carbocycles. The number of amides is 1. The third-order valence-electron chi connectivity index (χ3n) is 5.04. The molecule has 1 heterocycles. The lowest BCUT2D eigenvalue weighted by molar-refractivity contribution is 0.0951. The highest BCUT2D eigenvalue weighted by Gasteiger charge is 2.08. The number of nitrogens with zero attached hydrogens (tertiary/aromatic N) is 2. The molecule has 7 heteroatoms. The highest BCUT2D eigenvalue weighted by atomic mass is 19.1. The number of nitrogens with one attached hydrogen (secondary N) is 2. The number of benzene rings is 3. The molecule has 0 bridgehead atoms. The molecule has 4 aromatic rings. The summed E-state index contributed by atoms with van der Waals surface area (Å²) in [5.74, 6) is 0.704. The average molecular weight is 457 g/mol. The van der Waals surface area contributed by atoms with Crippen LogP contribution in [0.2, 0.25) is 0 Å². The highest BCUT2D eigenvalue weighted by molar-refractivity contribution is 5.95. The molecule has 0 spiro atoms. The fraction of sp³-hybridized carbons (Fsp3) is 0.148. The Hall–Kier alpha value is -4.26. The minimum Gasteiger partial charge on any atom is -0.494 e. The molecule has 3 aromatic carbocycles. The van der Waals surface area contributed by atoms with Crippen LogP contribution in [0.15, 0.2) is 85.2 Å². The number of ether oxygens (including phenoxy) is 1. The van der Waals surface area contributed by atoms with Gasteiger partial charge in [-0.2, -0.15) is 0 Å². The van der Waals surface area contributed by atoms with Gasteiger partial charge >= 0.3 is 0 Å². The Morgan fingerprint density at radius 2 is 1.71 bits per heavy atom. The van der Waals surface area contributed by atoms with Crippen LogP contribution in [-0.2, 0) is 6.54 Å². The zero-order chi connectivity index (χ0) is 23.8. The van der Waals surface area contributed by atoms with Gasteiger partial charge < -0.3 is 15.4 Å². The summed E-state index contributed by atoms with van der Waals surface area (Å²) in [6, 6.07) is 21.1. The summed E-state index contributed by atoms with van der Waals surface area (Å²) >= 11 is 0. The maximum Gasteiger partial charge on any atom is 0.251 e. The van der Waals surface area contributed by atoms with E-state index in [2.05, 4.69) is 27.5 Å². The van der Waals surface area contributed by atoms with Gasteiger partial charge in [0.1, 0.15) is 11.6 Å². The van der Waals surface area contributed by atoms with Gasteiger partial charge in [0.15, 0.2) is 0 Å². The third-order valence-corrected chi connectivity index (χ3v) is 5.04. The van der Waals surface area contributed by atoms with Gasteiger partial charge in [0.25, 0.3) is 5.91 Å². The van der Waals surface area contributed by atoms with Crippen LogP contribution in [0.3, 0.4) is 0 Å². The Morgan fingerprint density at radius 1 is 0.941 bits per heavy atom. The molecule has 172 valence electrons. The molecule has 0 radical (unpaired) electrons. The van der Waals surface area contributed by atoms with Gasteiger partial charge in [-0.05, 0) is 60.0 Å². The van der Waals surface area contributed by atoms with E-state index in [0.717, 1.165) is 17.7 Å². The lowest BCUT2D eigenvalue weighted by Crippen LogP contribution is -2.22. The quantitative estimate of drug-likeness (QED) is 0.336. The second-order valence-corrected chi connectivity index (χ2v) is 7.69. The largest absolute Gasteiger partial charge is 0.494 e. The van der Waals surface area contributed by atoms with E-state index in [1.165, 1.54) is 12.1 Å². The zero-order valence-electron chi connectivity index (χ0n) is 18.8. The Labute approximate surface area is 197 Å². The first kappa shape index (κ1) is 22.9. The molecule has 34 heavy (non-hydrogen) atoms. The number of carbonyl (C=O) groups excluding carboxylic acids is 1. The van der Waals surface area contributed by atoms with E-state index in [1.54, 1.807) is 42.7 Å². The smallest absolute Gasteiger partial charge is 0.251 e. The van der Waals surface area contributed by atoms with Crippen LogP contribution in [0.5, 0.6) is 5.75 Å². The maximum atomic E-state index is 13.4. The molecule has 0 aliphatic carbocycles. The van der Waals surface area contributed by atoms with Crippen molar-refractivity contribution in [2.24, 2.45) is 0 Å². The molecule has 0 fully saturated rings. The fourth-order valence-electron chi connectivity index (χ4n) is 3.28. The predicted molar refractivity (Wildman–Crippen MR) is 131 cm³/mol. The Balaban J connectivity index is 1.35. The van der Waals surface area contributed by atoms with E-state index in [-0.39, 0.29) is 11.7 Å². The summed E-state index contributed by atoms with van der Waals surface area (Å²) in [6.07, 6.45) is 4.20. The second kappa shape index (κ2) is 11.0. The highest BCUT2D eigenvalue weighted by Crippen LogP contribution is 2.21. The van der Waals surface area contributed by atoms with Crippen LogP contribution in [0.25, 0.3) is 11.1 Å². The molecule has 0 saturated heterocycles. The van der Waals surface area contributed by atoms with Crippen molar-refractivity contribution in [2.45, 2.75) is 19.9 Å². The van der Waals surface area contributed by atoms with Crippen LogP contribution in [-0.4, -0.2) is 22.5 Å². The molecular formula is C27H25FN4O2. The van der Waals surface area contributed by atoms with E-state index >= 15 is 0 Å². The SMILES string of the molecule is CCCOc1ccc(CNC(=O)c2cccc(Nc3ncc(-c4cccc(F)c4)cn3)c2)cc1.